The van der Waals surface area contributed by atoms with Gasteiger partial charge in [0.25, 0.3) is 8.32 Å². The van der Waals surface area contributed by atoms with Crippen molar-refractivity contribution in [1.29, 1.82) is 0 Å². The lowest BCUT2D eigenvalue weighted by Crippen LogP contribution is -2.65. The molecule has 1 saturated heterocycles. The molecule has 1 fully saturated rings. The molecule has 2 aromatic rings. The van der Waals surface area contributed by atoms with Crippen molar-refractivity contribution in [1.82, 2.24) is 5.32 Å². The van der Waals surface area contributed by atoms with Gasteiger partial charge < -0.3 is 10.1 Å². The Morgan fingerprint density at radius 3 is 2.08 bits per heavy atom. The molecule has 140 valence electrons. The average molecular weight is 368 g/mol. The summed E-state index contributed by atoms with van der Waals surface area (Å²) in [6.07, 6.45) is 7.43. The Labute approximate surface area is 159 Å². The zero-order valence-corrected chi connectivity index (χ0v) is 17.2. The fourth-order valence-electron chi connectivity index (χ4n) is 4.37. The van der Waals surface area contributed by atoms with Crippen LogP contribution >= 0.6 is 0 Å². The summed E-state index contributed by atoms with van der Waals surface area (Å²) in [5.41, 5.74) is 0. The van der Waals surface area contributed by atoms with Crippen molar-refractivity contribution in [3.63, 3.8) is 0 Å². The molecule has 3 rings (SSSR count). The highest BCUT2D eigenvalue weighted by Crippen LogP contribution is 2.40. The first kappa shape index (κ1) is 19.3. The van der Waals surface area contributed by atoms with Crippen LogP contribution in [-0.4, -0.2) is 25.7 Å². The molecule has 2 aromatic carbocycles. The minimum atomic E-state index is -2.85. The van der Waals surface area contributed by atoms with Crippen LogP contribution in [0.15, 0.2) is 60.7 Å². The average Bonchev–Trinajstić information content (AvgIpc) is 2.96. The Morgan fingerprint density at radius 2 is 1.50 bits per heavy atom. The number of nitrogens with one attached hydrogen (secondary N) is 1. The standard InChI is InChI=1S/C23H33NOSi/c1-23(2,18-17-20-12-6-5-11-19-24-20)26(25,21-13-7-3-8-14-21)22-15-9-4-10-16-22/h3-4,7-10,13-16,20,24-25H,5-6,11-12,17-19H2,1-2H3. The van der Waals surface area contributed by atoms with Gasteiger partial charge in [0.1, 0.15) is 0 Å². The first-order valence-electron chi connectivity index (χ1n) is 10.1. The summed E-state index contributed by atoms with van der Waals surface area (Å²) < 4.78 is 0. The number of rotatable bonds is 6. The summed E-state index contributed by atoms with van der Waals surface area (Å²) in [6.45, 7) is 5.69. The fraction of sp³-hybridized carbons (Fsp3) is 0.478. The van der Waals surface area contributed by atoms with Gasteiger partial charge in [-0.15, -0.1) is 0 Å². The molecular formula is C23H33NOSi. The number of hydrogen-bond donors (Lipinski definition) is 2. The van der Waals surface area contributed by atoms with Crippen LogP contribution < -0.4 is 15.7 Å². The summed E-state index contributed by atoms with van der Waals surface area (Å²) in [5.74, 6) is 0. The Bertz CT molecular complexity index is 624. The molecule has 1 heterocycles. The maximum atomic E-state index is 12.2. The van der Waals surface area contributed by atoms with E-state index in [0.29, 0.717) is 6.04 Å². The Morgan fingerprint density at radius 1 is 0.923 bits per heavy atom. The Hall–Kier alpha value is -1.42. The SMILES string of the molecule is CC(C)(CCC1CCCCCN1)[Si](O)(c1ccccc1)c1ccccc1. The number of benzene rings is 2. The molecule has 0 aromatic heterocycles. The minimum Gasteiger partial charge on any atom is -0.424 e. The van der Waals surface area contributed by atoms with Gasteiger partial charge in [-0.3, -0.25) is 0 Å². The Balaban J connectivity index is 1.87. The molecule has 1 aliphatic heterocycles. The quantitative estimate of drug-likeness (QED) is 0.761. The van der Waals surface area contributed by atoms with E-state index >= 15 is 0 Å². The molecule has 1 unspecified atom stereocenters. The van der Waals surface area contributed by atoms with E-state index in [1.165, 1.54) is 25.7 Å². The van der Waals surface area contributed by atoms with Crippen molar-refractivity contribution >= 4 is 18.7 Å². The monoisotopic (exact) mass is 367 g/mol. The van der Waals surface area contributed by atoms with Gasteiger partial charge in [-0.2, -0.15) is 0 Å². The first-order chi connectivity index (χ1) is 12.5. The third-order valence-corrected chi connectivity index (χ3v) is 10.7. The molecule has 2 nitrogen and oxygen atoms in total. The van der Waals surface area contributed by atoms with Gasteiger partial charge in [-0.25, -0.2) is 0 Å². The molecule has 2 N–H and O–H groups in total. The maximum Gasteiger partial charge on any atom is 0.258 e. The largest absolute Gasteiger partial charge is 0.424 e. The van der Waals surface area contributed by atoms with Crippen molar-refractivity contribution in [2.45, 2.75) is 63.5 Å². The van der Waals surface area contributed by atoms with Crippen LogP contribution in [0.3, 0.4) is 0 Å². The second-order valence-corrected chi connectivity index (χ2v) is 12.3. The van der Waals surface area contributed by atoms with Gasteiger partial charge in [0, 0.05) is 6.04 Å². The third kappa shape index (κ3) is 4.11. The predicted molar refractivity (Wildman–Crippen MR) is 114 cm³/mol. The molecule has 1 aliphatic rings. The molecule has 3 heteroatoms. The zero-order chi connectivity index (χ0) is 18.5. The van der Waals surface area contributed by atoms with E-state index in [-0.39, 0.29) is 5.04 Å². The smallest absolute Gasteiger partial charge is 0.258 e. The van der Waals surface area contributed by atoms with E-state index < -0.39 is 8.32 Å². The first-order valence-corrected chi connectivity index (χ1v) is 12.1. The molecule has 1 atom stereocenters. The highest BCUT2D eigenvalue weighted by Gasteiger charge is 2.49. The van der Waals surface area contributed by atoms with Gasteiger partial charge in [0.05, 0.1) is 0 Å². The molecule has 0 aliphatic carbocycles. The van der Waals surface area contributed by atoms with Crippen molar-refractivity contribution in [2.75, 3.05) is 6.54 Å². The zero-order valence-electron chi connectivity index (χ0n) is 16.2. The summed E-state index contributed by atoms with van der Waals surface area (Å²) in [7, 11) is -2.85. The third-order valence-electron chi connectivity index (χ3n) is 6.14. The molecular weight excluding hydrogens is 334 g/mol. The highest BCUT2D eigenvalue weighted by molar-refractivity contribution is 6.98. The molecule has 0 amide bonds. The van der Waals surface area contributed by atoms with E-state index in [1.54, 1.807) is 0 Å². The molecule has 0 saturated carbocycles. The molecule has 0 radical (unpaired) electrons. The van der Waals surface area contributed by atoms with Crippen LogP contribution in [-0.2, 0) is 0 Å². The van der Waals surface area contributed by atoms with E-state index in [9.17, 15) is 4.80 Å². The second-order valence-electron chi connectivity index (χ2n) is 8.37. The fourth-order valence-corrected chi connectivity index (χ4v) is 8.12. The van der Waals surface area contributed by atoms with Gasteiger partial charge in [0.2, 0.25) is 0 Å². The van der Waals surface area contributed by atoms with Crippen molar-refractivity contribution < 1.29 is 4.80 Å². The predicted octanol–water partition coefficient (Wildman–Crippen LogP) is 3.83. The topological polar surface area (TPSA) is 32.3 Å². The van der Waals surface area contributed by atoms with Crippen LogP contribution in [0.5, 0.6) is 0 Å². The summed E-state index contributed by atoms with van der Waals surface area (Å²) in [5, 5.41) is 5.82. The normalized spacial score (nSPS) is 19.1. The van der Waals surface area contributed by atoms with Gasteiger partial charge in [-0.1, -0.05) is 87.4 Å². The van der Waals surface area contributed by atoms with Crippen molar-refractivity contribution in [2.24, 2.45) is 0 Å². The van der Waals surface area contributed by atoms with Gasteiger partial charge in [-0.05, 0) is 47.6 Å². The lowest BCUT2D eigenvalue weighted by Gasteiger charge is -2.42. The molecule has 26 heavy (non-hydrogen) atoms. The number of hydrogen-bond acceptors (Lipinski definition) is 2. The Kier molecular flexibility index (Phi) is 6.33. The second kappa shape index (κ2) is 8.51. The molecule has 0 spiro atoms. The summed E-state index contributed by atoms with van der Waals surface area (Å²) in [4.78, 5) is 12.2. The van der Waals surface area contributed by atoms with E-state index in [0.717, 1.165) is 29.8 Å². The van der Waals surface area contributed by atoms with E-state index in [2.05, 4.69) is 67.7 Å². The lowest BCUT2D eigenvalue weighted by atomic mass is 9.99. The lowest BCUT2D eigenvalue weighted by molar-refractivity contribution is 0.402. The van der Waals surface area contributed by atoms with Crippen LogP contribution in [0.25, 0.3) is 0 Å². The van der Waals surface area contributed by atoms with Crippen LogP contribution in [0, 0.1) is 0 Å². The molecule has 0 bridgehead atoms. The van der Waals surface area contributed by atoms with E-state index in [4.69, 9.17) is 0 Å². The van der Waals surface area contributed by atoms with Crippen LogP contribution in [0.1, 0.15) is 52.4 Å². The van der Waals surface area contributed by atoms with Crippen LogP contribution in [0.4, 0.5) is 0 Å². The highest BCUT2D eigenvalue weighted by atomic mass is 28.4. The van der Waals surface area contributed by atoms with Gasteiger partial charge >= 0.3 is 0 Å². The minimum absolute atomic E-state index is 0.135. The summed E-state index contributed by atoms with van der Waals surface area (Å²) >= 11 is 0. The van der Waals surface area contributed by atoms with E-state index in [1.807, 2.05) is 12.1 Å². The summed E-state index contributed by atoms with van der Waals surface area (Å²) in [6, 6.07) is 21.3. The van der Waals surface area contributed by atoms with Crippen molar-refractivity contribution in [3.8, 4) is 0 Å². The van der Waals surface area contributed by atoms with Gasteiger partial charge in [0.15, 0.2) is 0 Å². The maximum absolute atomic E-state index is 12.2. The van der Waals surface area contributed by atoms with Crippen molar-refractivity contribution in [3.05, 3.63) is 60.7 Å². The van der Waals surface area contributed by atoms with Crippen LogP contribution in [0.2, 0.25) is 5.04 Å².